The van der Waals surface area contributed by atoms with E-state index in [0.29, 0.717) is 49.1 Å². The maximum atomic E-state index is 13.1. The van der Waals surface area contributed by atoms with Gasteiger partial charge in [-0.2, -0.15) is 0 Å². The van der Waals surface area contributed by atoms with Gasteiger partial charge < -0.3 is 18.8 Å². The number of carbonyl (C=O) groups excluding carboxylic acids is 1. The molecule has 8 heteroatoms. The van der Waals surface area contributed by atoms with Crippen molar-refractivity contribution in [1.29, 1.82) is 0 Å². The van der Waals surface area contributed by atoms with E-state index in [9.17, 15) is 9.59 Å². The van der Waals surface area contributed by atoms with Crippen LogP contribution in [0.3, 0.4) is 0 Å². The zero-order valence-electron chi connectivity index (χ0n) is 17.0. The standard InChI is InChI=1S/C22H23ClN4O3/c1-15-12-17(23)4-7-20(15)30-11-10-25-8-3-9-27-19(21(25)28)6-5-18(22(27)29)26-13-16(2)24-14-26/h4-7,12-14H,3,8-11H2,1-2H3. The molecule has 0 spiro atoms. The van der Waals surface area contributed by atoms with Crippen molar-refractivity contribution in [2.24, 2.45) is 0 Å². The van der Waals surface area contributed by atoms with Crippen molar-refractivity contribution < 1.29 is 9.53 Å². The molecule has 1 aliphatic heterocycles. The number of aryl methyl sites for hydroxylation is 2. The third kappa shape index (κ3) is 3.98. The number of pyridine rings is 1. The highest BCUT2D eigenvalue weighted by Gasteiger charge is 2.24. The Morgan fingerprint density at radius 1 is 1.13 bits per heavy atom. The smallest absolute Gasteiger partial charge is 0.275 e. The summed E-state index contributed by atoms with van der Waals surface area (Å²) < 4.78 is 9.10. The van der Waals surface area contributed by atoms with Gasteiger partial charge in [-0.25, -0.2) is 4.98 Å². The Morgan fingerprint density at radius 3 is 2.70 bits per heavy atom. The Morgan fingerprint density at radius 2 is 1.97 bits per heavy atom. The van der Waals surface area contributed by atoms with Crippen LogP contribution < -0.4 is 10.3 Å². The first-order valence-corrected chi connectivity index (χ1v) is 10.2. The van der Waals surface area contributed by atoms with E-state index < -0.39 is 0 Å². The van der Waals surface area contributed by atoms with Gasteiger partial charge in [-0.05, 0) is 56.2 Å². The van der Waals surface area contributed by atoms with Crippen molar-refractivity contribution in [3.8, 4) is 11.4 Å². The van der Waals surface area contributed by atoms with E-state index in [0.717, 1.165) is 17.0 Å². The summed E-state index contributed by atoms with van der Waals surface area (Å²) in [6.07, 6.45) is 4.11. The lowest BCUT2D eigenvalue weighted by atomic mass is 10.2. The van der Waals surface area contributed by atoms with E-state index >= 15 is 0 Å². The second kappa shape index (κ2) is 8.36. The second-order valence-corrected chi connectivity index (χ2v) is 7.82. The lowest BCUT2D eigenvalue weighted by molar-refractivity contribution is 0.0732. The fourth-order valence-corrected chi connectivity index (χ4v) is 3.89. The van der Waals surface area contributed by atoms with Gasteiger partial charge in [0.15, 0.2) is 0 Å². The Hall–Kier alpha value is -3.06. The molecule has 4 rings (SSSR count). The van der Waals surface area contributed by atoms with E-state index in [1.54, 1.807) is 44.8 Å². The number of ether oxygens (including phenoxy) is 1. The first-order chi connectivity index (χ1) is 14.4. The molecule has 3 heterocycles. The highest BCUT2D eigenvalue weighted by molar-refractivity contribution is 6.30. The first kappa shape index (κ1) is 20.2. The van der Waals surface area contributed by atoms with Crippen molar-refractivity contribution in [2.45, 2.75) is 26.8 Å². The fourth-order valence-electron chi connectivity index (χ4n) is 3.66. The van der Waals surface area contributed by atoms with Crippen LogP contribution in [0.5, 0.6) is 5.75 Å². The first-order valence-electron chi connectivity index (χ1n) is 9.87. The van der Waals surface area contributed by atoms with Gasteiger partial charge in [0.25, 0.3) is 11.5 Å². The molecule has 0 unspecified atom stereocenters. The normalized spacial score (nSPS) is 13.8. The number of carbonyl (C=O) groups is 1. The summed E-state index contributed by atoms with van der Waals surface area (Å²) in [5.74, 6) is 0.591. The summed E-state index contributed by atoms with van der Waals surface area (Å²) >= 11 is 5.98. The number of rotatable bonds is 5. The van der Waals surface area contributed by atoms with Crippen LogP contribution in [-0.2, 0) is 6.54 Å². The average Bonchev–Trinajstić information content (AvgIpc) is 3.07. The summed E-state index contributed by atoms with van der Waals surface area (Å²) in [5.41, 5.74) is 2.48. The summed E-state index contributed by atoms with van der Waals surface area (Å²) in [6.45, 7) is 5.67. The molecule has 2 aromatic heterocycles. The molecular formula is C22H23ClN4O3. The summed E-state index contributed by atoms with van der Waals surface area (Å²) in [4.78, 5) is 32.0. The van der Waals surface area contributed by atoms with Gasteiger partial charge in [0.2, 0.25) is 0 Å². The molecule has 0 radical (unpaired) electrons. The van der Waals surface area contributed by atoms with Crippen LogP contribution in [0.4, 0.5) is 0 Å². The molecule has 1 amide bonds. The molecule has 0 fully saturated rings. The van der Waals surface area contributed by atoms with Crippen molar-refractivity contribution in [3.63, 3.8) is 0 Å². The highest BCUT2D eigenvalue weighted by Crippen LogP contribution is 2.22. The molecule has 0 aliphatic carbocycles. The number of hydrogen-bond donors (Lipinski definition) is 0. The number of hydrogen-bond acceptors (Lipinski definition) is 4. The topological polar surface area (TPSA) is 69.4 Å². The molecule has 0 saturated carbocycles. The zero-order valence-corrected chi connectivity index (χ0v) is 17.7. The van der Waals surface area contributed by atoms with Gasteiger partial charge in [-0.1, -0.05) is 11.6 Å². The molecule has 1 aliphatic rings. The molecule has 0 saturated heterocycles. The van der Waals surface area contributed by atoms with E-state index in [2.05, 4.69) is 4.98 Å². The Labute approximate surface area is 179 Å². The Kier molecular flexibility index (Phi) is 5.63. The highest BCUT2D eigenvalue weighted by atomic mass is 35.5. The fraction of sp³-hybridized carbons (Fsp3) is 0.318. The summed E-state index contributed by atoms with van der Waals surface area (Å²) in [5, 5.41) is 0.662. The third-order valence-electron chi connectivity index (χ3n) is 5.22. The number of halogens is 1. The molecule has 156 valence electrons. The SMILES string of the molecule is Cc1cn(-c2ccc3n(c2=O)CCCN(CCOc2ccc(Cl)cc2C)C3=O)cn1. The van der Waals surface area contributed by atoms with E-state index in [1.165, 1.54) is 0 Å². The minimum absolute atomic E-state index is 0.158. The van der Waals surface area contributed by atoms with Gasteiger partial charge in [-0.3, -0.25) is 9.59 Å². The number of benzene rings is 1. The van der Waals surface area contributed by atoms with Gasteiger partial charge >= 0.3 is 0 Å². The number of nitrogens with zero attached hydrogens (tertiary/aromatic N) is 4. The number of fused-ring (bicyclic) bond motifs is 1. The van der Waals surface area contributed by atoms with E-state index in [1.807, 2.05) is 26.0 Å². The third-order valence-corrected chi connectivity index (χ3v) is 5.45. The van der Waals surface area contributed by atoms with Crippen LogP contribution in [0.2, 0.25) is 5.02 Å². The maximum absolute atomic E-state index is 13.1. The summed E-state index contributed by atoms with van der Waals surface area (Å²) in [6, 6.07) is 8.86. The van der Waals surface area contributed by atoms with Crippen molar-refractivity contribution in [2.75, 3.05) is 19.7 Å². The van der Waals surface area contributed by atoms with Crippen molar-refractivity contribution in [3.05, 3.63) is 75.2 Å². The lowest BCUT2D eigenvalue weighted by Gasteiger charge is -2.21. The molecule has 7 nitrogen and oxygen atoms in total. The van der Waals surface area contributed by atoms with Crippen LogP contribution >= 0.6 is 11.6 Å². The number of amides is 1. The van der Waals surface area contributed by atoms with Crippen LogP contribution in [-0.4, -0.2) is 44.6 Å². The molecule has 1 aromatic carbocycles. The molecule has 0 bridgehead atoms. The van der Waals surface area contributed by atoms with Crippen molar-refractivity contribution in [1.82, 2.24) is 19.0 Å². The minimum atomic E-state index is -0.187. The molecule has 30 heavy (non-hydrogen) atoms. The monoisotopic (exact) mass is 426 g/mol. The Balaban J connectivity index is 1.51. The van der Waals surface area contributed by atoms with Gasteiger partial charge in [0.1, 0.15) is 23.7 Å². The van der Waals surface area contributed by atoms with Gasteiger partial charge in [-0.15, -0.1) is 0 Å². The quantitative estimate of drug-likeness (QED) is 0.628. The lowest BCUT2D eigenvalue weighted by Crippen LogP contribution is -2.36. The van der Waals surface area contributed by atoms with Crippen LogP contribution in [0.15, 0.2) is 47.7 Å². The molecule has 0 atom stereocenters. The summed E-state index contributed by atoms with van der Waals surface area (Å²) in [7, 11) is 0. The van der Waals surface area contributed by atoms with E-state index in [-0.39, 0.29) is 11.5 Å². The predicted octanol–water partition coefficient (Wildman–Crippen LogP) is 3.23. The van der Waals surface area contributed by atoms with Crippen molar-refractivity contribution >= 4 is 17.5 Å². The largest absolute Gasteiger partial charge is 0.491 e. The average molecular weight is 427 g/mol. The van der Waals surface area contributed by atoms with Crippen LogP contribution in [0, 0.1) is 13.8 Å². The zero-order chi connectivity index (χ0) is 21.3. The molecule has 0 N–H and O–H groups in total. The second-order valence-electron chi connectivity index (χ2n) is 7.39. The number of imidazole rings is 1. The predicted molar refractivity (Wildman–Crippen MR) is 115 cm³/mol. The maximum Gasteiger partial charge on any atom is 0.275 e. The molecule has 3 aromatic rings. The van der Waals surface area contributed by atoms with Crippen LogP contribution in [0.1, 0.15) is 28.2 Å². The van der Waals surface area contributed by atoms with Gasteiger partial charge in [0.05, 0.1) is 18.6 Å². The van der Waals surface area contributed by atoms with Crippen LogP contribution in [0.25, 0.3) is 5.69 Å². The Bertz CT molecular complexity index is 1150. The number of aromatic nitrogens is 3. The molecular weight excluding hydrogens is 404 g/mol. The minimum Gasteiger partial charge on any atom is -0.491 e. The van der Waals surface area contributed by atoms with E-state index in [4.69, 9.17) is 16.3 Å². The van der Waals surface area contributed by atoms with Gasteiger partial charge in [0, 0.05) is 24.3 Å².